The Hall–Kier alpha value is -3.54. The molecular formula is C22H21N5O. The van der Waals surface area contributed by atoms with Crippen LogP contribution in [0.25, 0.3) is 16.9 Å². The second-order valence-electron chi connectivity index (χ2n) is 6.68. The second-order valence-corrected chi connectivity index (χ2v) is 6.68. The first-order valence-corrected chi connectivity index (χ1v) is 9.31. The monoisotopic (exact) mass is 371 g/mol. The van der Waals surface area contributed by atoms with Crippen molar-refractivity contribution in [3.05, 3.63) is 78.1 Å². The zero-order chi connectivity index (χ0) is 19.5. The Kier molecular flexibility index (Phi) is 4.85. The molecule has 0 unspecified atom stereocenters. The van der Waals surface area contributed by atoms with Crippen molar-refractivity contribution in [2.24, 2.45) is 0 Å². The lowest BCUT2D eigenvalue weighted by Crippen LogP contribution is -2.20. The fourth-order valence-electron chi connectivity index (χ4n) is 3.29. The Labute approximate surface area is 163 Å². The normalized spacial score (nSPS) is 12.1. The van der Waals surface area contributed by atoms with Crippen LogP contribution in [0.5, 0.6) is 0 Å². The average molecular weight is 371 g/mol. The van der Waals surface area contributed by atoms with E-state index in [0.717, 1.165) is 34.8 Å². The summed E-state index contributed by atoms with van der Waals surface area (Å²) in [5.41, 5.74) is 4.19. The highest BCUT2D eigenvalue weighted by Gasteiger charge is 2.18. The molecule has 0 saturated carbocycles. The van der Waals surface area contributed by atoms with Gasteiger partial charge in [0.15, 0.2) is 11.5 Å². The quantitative estimate of drug-likeness (QED) is 0.570. The predicted molar refractivity (Wildman–Crippen MR) is 109 cm³/mol. The highest BCUT2D eigenvalue weighted by molar-refractivity contribution is 5.96. The van der Waals surface area contributed by atoms with Crippen LogP contribution in [0.3, 0.4) is 0 Å². The minimum atomic E-state index is -0.181. The number of aromatic nitrogens is 4. The zero-order valence-corrected chi connectivity index (χ0v) is 15.8. The Bertz CT molecular complexity index is 1120. The third-order valence-corrected chi connectivity index (χ3v) is 4.77. The summed E-state index contributed by atoms with van der Waals surface area (Å²) in [6.45, 7) is 3.89. The molecule has 0 spiro atoms. The van der Waals surface area contributed by atoms with E-state index < -0.39 is 0 Å². The SMILES string of the molecule is CC[C@H](C(=O)Nc1cccc(-c2ccc3nnc(C)n3n2)c1)c1ccccc1. The number of carbonyl (C=O) groups is 1. The third kappa shape index (κ3) is 3.49. The van der Waals surface area contributed by atoms with E-state index in [2.05, 4.69) is 20.6 Å². The van der Waals surface area contributed by atoms with Gasteiger partial charge in [0.25, 0.3) is 0 Å². The number of benzene rings is 2. The molecule has 140 valence electrons. The Morgan fingerprint density at radius 2 is 1.86 bits per heavy atom. The Morgan fingerprint density at radius 1 is 1.04 bits per heavy atom. The van der Waals surface area contributed by atoms with Crippen molar-refractivity contribution >= 4 is 17.2 Å². The molecule has 0 bridgehead atoms. The summed E-state index contributed by atoms with van der Waals surface area (Å²) in [4.78, 5) is 12.8. The maximum atomic E-state index is 12.8. The molecule has 6 nitrogen and oxygen atoms in total. The summed E-state index contributed by atoms with van der Waals surface area (Å²) in [5.74, 6) is 0.540. The van der Waals surface area contributed by atoms with E-state index >= 15 is 0 Å². The molecule has 6 heteroatoms. The lowest BCUT2D eigenvalue weighted by Gasteiger charge is -2.16. The topological polar surface area (TPSA) is 72.2 Å². The Morgan fingerprint density at radius 3 is 2.64 bits per heavy atom. The summed E-state index contributed by atoms with van der Waals surface area (Å²) in [7, 11) is 0. The van der Waals surface area contributed by atoms with Gasteiger partial charge in [-0.3, -0.25) is 4.79 Å². The standard InChI is InChI=1S/C22H21N5O/c1-3-19(16-8-5-4-6-9-16)22(28)23-18-11-7-10-17(14-18)20-12-13-21-25-24-15(2)27(21)26-20/h4-14,19H,3H2,1-2H3,(H,23,28)/t19-/m0/s1. The summed E-state index contributed by atoms with van der Waals surface area (Å²) >= 11 is 0. The molecule has 4 rings (SSSR count). The molecule has 1 atom stereocenters. The minimum Gasteiger partial charge on any atom is -0.326 e. The van der Waals surface area contributed by atoms with Crippen LogP contribution in [0.4, 0.5) is 5.69 Å². The molecule has 0 aliphatic rings. The molecule has 0 fully saturated rings. The van der Waals surface area contributed by atoms with Gasteiger partial charge in [0.2, 0.25) is 5.91 Å². The van der Waals surface area contributed by atoms with Crippen molar-refractivity contribution in [3.8, 4) is 11.3 Å². The number of hydrogen-bond donors (Lipinski definition) is 1. The van der Waals surface area contributed by atoms with E-state index in [4.69, 9.17) is 0 Å². The predicted octanol–water partition coefficient (Wildman–Crippen LogP) is 4.23. The van der Waals surface area contributed by atoms with Crippen LogP contribution >= 0.6 is 0 Å². The van der Waals surface area contributed by atoms with Gasteiger partial charge in [0.1, 0.15) is 0 Å². The summed E-state index contributed by atoms with van der Waals surface area (Å²) in [5, 5.41) is 15.7. The van der Waals surface area contributed by atoms with Gasteiger partial charge in [0.05, 0.1) is 11.6 Å². The van der Waals surface area contributed by atoms with Crippen LogP contribution in [0.2, 0.25) is 0 Å². The number of anilines is 1. The molecular weight excluding hydrogens is 350 g/mol. The first-order chi connectivity index (χ1) is 13.7. The zero-order valence-electron chi connectivity index (χ0n) is 15.8. The van der Waals surface area contributed by atoms with Gasteiger partial charge in [-0.25, -0.2) is 0 Å². The molecule has 28 heavy (non-hydrogen) atoms. The van der Waals surface area contributed by atoms with Crippen LogP contribution < -0.4 is 5.32 Å². The van der Waals surface area contributed by atoms with Crippen LogP contribution in [0, 0.1) is 6.92 Å². The van der Waals surface area contributed by atoms with Gasteiger partial charge in [0, 0.05) is 11.3 Å². The number of hydrogen-bond acceptors (Lipinski definition) is 4. The van der Waals surface area contributed by atoms with Crippen molar-refractivity contribution in [1.82, 2.24) is 19.8 Å². The first-order valence-electron chi connectivity index (χ1n) is 9.31. The molecule has 1 N–H and O–H groups in total. The molecule has 2 aromatic heterocycles. The van der Waals surface area contributed by atoms with Crippen LogP contribution in [0.1, 0.15) is 30.7 Å². The lowest BCUT2D eigenvalue weighted by atomic mass is 9.95. The fourth-order valence-corrected chi connectivity index (χ4v) is 3.29. The molecule has 0 radical (unpaired) electrons. The smallest absolute Gasteiger partial charge is 0.231 e. The van der Waals surface area contributed by atoms with Crippen molar-refractivity contribution < 1.29 is 4.79 Å². The number of fused-ring (bicyclic) bond motifs is 1. The number of nitrogens with zero attached hydrogens (tertiary/aromatic N) is 4. The van der Waals surface area contributed by atoms with Gasteiger partial charge >= 0.3 is 0 Å². The number of amides is 1. The maximum Gasteiger partial charge on any atom is 0.231 e. The van der Waals surface area contributed by atoms with Gasteiger partial charge < -0.3 is 5.32 Å². The molecule has 0 aliphatic heterocycles. The van der Waals surface area contributed by atoms with Crippen molar-refractivity contribution in [3.63, 3.8) is 0 Å². The number of carbonyl (C=O) groups excluding carboxylic acids is 1. The largest absolute Gasteiger partial charge is 0.326 e. The minimum absolute atomic E-state index is 0.0103. The van der Waals surface area contributed by atoms with E-state index in [9.17, 15) is 4.79 Å². The van der Waals surface area contributed by atoms with Crippen molar-refractivity contribution in [2.45, 2.75) is 26.2 Å². The summed E-state index contributed by atoms with van der Waals surface area (Å²) in [6, 6.07) is 21.4. The van der Waals surface area contributed by atoms with E-state index in [0.29, 0.717) is 5.65 Å². The van der Waals surface area contributed by atoms with E-state index in [-0.39, 0.29) is 11.8 Å². The van der Waals surface area contributed by atoms with Crippen LogP contribution in [-0.4, -0.2) is 25.7 Å². The molecule has 4 aromatic rings. The maximum absolute atomic E-state index is 12.8. The Balaban J connectivity index is 1.59. The molecule has 0 saturated heterocycles. The number of aryl methyl sites for hydroxylation is 1. The summed E-state index contributed by atoms with van der Waals surface area (Å²) in [6.07, 6.45) is 0.737. The van der Waals surface area contributed by atoms with Crippen LogP contribution in [0.15, 0.2) is 66.7 Å². The highest BCUT2D eigenvalue weighted by atomic mass is 16.1. The summed E-state index contributed by atoms with van der Waals surface area (Å²) < 4.78 is 1.71. The molecule has 2 heterocycles. The van der Waals surface area contributed by atoms with E-state index in [1.54, 1.807) is 4.52 Å². The van der Waals surface area contributed by atoms with Gasteiger partial charge in [-0.2, -0.15) is 9.61 Å². The number of nitrogens with one attached hydrogen (secondary N) is 1. The van der Waals surface area contributed by atoms with Gasteiger partial charge in [-0.15, -0.1) is 10.2 Å². The van der Waals surface area contributed by atoms with Crippen molar-refractivity contribution in [2.75, 3.05) is 5.32 Å². The van der Waals surface area contributed by atoms with Crippen LogP contribution in [-0.2, 0) is 4.79 Å². The molecule has 1 amide bonds. The first kappa shape index (κ1) is 17.9. The third-order valence-electron chi connectivity index (χ3n) is 4.77. The van der Waals surface area contributed by atoms with Crippen molar-refractivity contribution in [1.29, 1.82) is 0 Å². The molecule has 2 aromatic carbocycles. The average Bonchev–Trinajstić information content (AvgIpc) is 3.10. The number of rotatable bonds is 5. The van der Waals surface area contributed by atoms with Gasteiger partial charge in [-0.1, -0.05) is 49.4 Å². The molecule has 0 aliphatic carbocycles. The van der Waals surface area contributed by atoms with E-state index in [1.807, 2.05) is 80.6 Å². The lowest BCUT2D eigenvalue weighted by molar-refractivity contribution is -0.117. The highest BCUT2D eigenvalue weighted by Crippen LogP contribution is 2.24. The second kappa shape index (κ2) is 7.60. The fraction of sp³-hybridized carbons (Fsp3) is 0.182. The van der Waals surface area contributed by atoms with E-state index in [1.165, 1.54) is 0 Å². The van der Waals surface area contributed by atoms with Gasteiger partial charge in [-0.05, 0) is 43.2 Å².